The summed E-state index contributed by atoms with van der Waals surface area (Å²) in [5, 5.41) is 2.89. The number of anilines is 2. The number of aryl methyl sites for hydroxylation is 1. The molecule has 3 amide bonds. The number of hydrogen-bond donors (Lipinski definition) is 1. The van der Waals surface area contributed by atoms with Crippen LogP contribution in [0, 0.1) is 0 Å². The average molecular weight is 563 g/mol. The van der Waals surface area contributed by atoms with E-state index in [1.54, 1.807) is 24.1 Å². The van der Waals surface area contributed by atoms with Crippen LogP contribution < -0.4 is 10.2 Å². The molecule has 6 rings (SSSR count). The molecule has 1 aliphatic rings. The minimum absolute atomic E-state index is 0.129. The van der Waals surface area contributed by atoms with E-state index in [2.05, 4.69) is 10.3 Å². The Balaban J connectivity index is 1.27. The molecule has 0 spiro atoms. The maximum atomic E-state index is 13.2. The third-order valence-corrected chi connectivity index (χ3v) is 7.41. The van der Waals surface area contributed by atoms with E-state index in [1.807, 2.05) is 76.2 Å². The fourth-order valence-corrected chi connectivity index (χ4v) is 5.16. The van der Waals surface area contributed by atoms with Crippen LogP contribution in [0.4, 0.5) is 11.6 Å². The largest absolute Gasteiger partial charge is 0.444 e. The molecule has 0 unspecified atom stereocenters. The van der Waals surface area contributed by atoms with Crippen LogP contribution >= 0.6 is 0 Å². The van der Waals surface area contributed by atoms with Crippen molar-refractivity contribution in [2.45, 2.75) is 25.8 Å². The van der Waals surface area contributed by atoms with E-state index in [1.165, 1.54) is 6.26 Å². The highest BCUT2D eigenvalue weighted by molar-refractivity contribution is 6.07. The summed E-state index contributed by atoms with van der Waals surface area (Å²) < 4.78 is 7.48. The van der Waals surface area contributed by atoms with Gasteiger partial charge in [0.05, 0.1) is 11.0 Å². The predicted molar refractivity (Wildman–Crippen MR) is 159 cm³/mol. The van der Waals surface area contributed by atoms with Crippen LogP contribution in [0.15, 0.2) is 89.5 Å². The van der Waals surface area contributed by atoms with Crippen LogP contribution in [0.1, 0.15) is 40.1 Å². The lowest BCUT2D eigenvalue weighted by molar-refractivity contribution is -0.127. The number of amides is 3. The van der Waals surface area contributed by atoms with E-state index < -0.39 is 5.91 Å². The number of likely N-dealkylation sites (tertiary alicyclic amines) is 1. The Morgan fingerprint density at radius 1 is 0.976 bits per heavy atom. The van der Waals surface area contributed by atoms with Crippen LogP contribution in [0.2, 0.25) is 0 Å². The molecule has 212 valence electrons. The Hall–Kier alpha value is -5.25. The number of carbonyl (C=O) groups excluding carboxylic acids is 3. The zero-order valence-electron chi connectivity index (χ0n) is 23.2. The molecule has 0 bridgehead atoms. The molecule has 1 saturated heterocycles. The number of aromatic nitrogens is 3. The first-order chi connectivity index (χ1) is 20.5. The molecule has 5 aromatic rings. The first-order valence-electron chi connectivity index (χ1n) is 13.9. The second-order valence-corrected chi connectivity index (χ2v) is 10.2. The van der Waals surface area contributed by atoms with Gasteiger partial charge in [-0.1, -0.05) is 36.4 Å². The molecular formula is C32H30N6O4. The van der Waals surface area contributed by atoms with Crippen molar-refractivity contribution in [3.05, 3.63) is 96.4 Å². The van der Waals surface area contributed by atoms with Crippen molar-refractivity contribution in [2.75, 3.05) is 30.4 Å². The Bertz CT molecular complexity index is 1750. The van der Waals surface area contributed by atoms with Gasteiger partial charge in [-0.25, -0.2) is 9.97 Å². The average Bonchev–Trinajstić information content (AvgIpc) is 3.76. The standard InChI is InChI=1S/C32H30N6O4/c1-36(31(41)23-12-6-3-7-13-23)24-15-16-27-25(20-24)34-32(38(27)19-9-18-37-17-8-14-28(37)39)35-29(40)26-21-42-30(33-26)22-10-4-2-5-11-22/h2-7,10-13,15-16,20-21H,8-9,14,17-19H2,1H3,(H,34,35,40). The molecule has 0 radical (unpaired) electrons. The van der Waals surface area contributed by atoms with Gasteiger partial charge in [-0.3, -0.25) is 19.7 Å². The maximum absolute atomic E-state index is 13.2. The van der Waals surface area contributed by atoms with Gasteiger partial charge in [-0.2, -0.15) is 0 Å². The van der Waals surface area contributed by atoms with Crippen molar-refractivity contribution in [1.29, 1.82) is 0 Å². The number of nitrogens with one attached hydrogen (secondary N) is 1. The highest BCUT2D eigenvalue weighted by atomic mass is 16.3. The molecule has 1 aliphatic heterocycles. The monoisotopic (exact) mass is 562 g/mol. The van der Waals surface area contributed by atoms with Gasteiger partial charge in [-0.05, 0) is 55.3 Å². The normalized spacial score (nSPS) is 13.1. The van der Waals surface area contributed by atoms with Gasteiger partial charge in [0.15, 0.2) is 5.69 Å². The molecular weight excluding hydrogens is 532 g/mol. The number of carbonyl (C=O) groups is 3. The van der Waals surface area contributed by atoms with E-state index in [-0.39, 0.29) is 17.5 Å². The topological polar surface area (TPSA) is 114 Å². The Kier molecular flexibility index (Phi) is 7.50. The maximum Gasteiger partial charge on any atom is 0.279 e. The molecule has 42 heavy (non-hydrogen) atoms. The summed E-state index contributed by atoms with van der Waals surface area (Å²) in [5.74, 6) is 0.277. The quantitative estimate of drug-likeness (QED) is 0.263. The van der Waals surface area contributed by atoms with Crippen LogP contribution in [-0.2, 0) is 11.3 Å². The molecule has 0 aliphatic carbocycles. The fraction of sp³-hybridized carbons (Fsp3) is 0.219. The van der Waals surface area contributed by atoms with Gasteiger partial charge in [0.1, 0.15) is 6.26 Å². The van der Waals surface area contributed by atoms with Gasteiger partial charge in [-0.15, -0.1) is 0 Å². The van der Waals surface area contributed by atoms with Gasteiger partial charge >= 0.3 is 0 Å². The minimum Gasteiger partial charge on any atom is -0.444 e. The van der Waals surface area contributed by atoms with Gasteiger partial charge in [0.25, 0.3) is 11.8 Å². The van der Waals surface area contributed by atoms with E-state index >= 15 is 0 Å². The number of nitrogens with zero attached hydrogens (tertiary/aromatic N) is 5. The third-order valence-electron chi connectivity index (χ3n) is 7.41. The van der Waals surface area contributed by atoms with Crippen molar-refractivity contribution in [3.63, 3.8) is 0 Å². The Morgan fingerprint density at radius 2 is 1.74 bits per heavy atom. The summed E-state index contributed by atoms with van der Waals surface area (Å²) in [5.41, 5.74) is 3.57. The van der Waals surface area contributed by atoms with Crippen LogP contribution in [0.5, 0.6) is 0 Å². The summed E-state index contributed by atoms with van der Waals surface area (Å²) in [4.78, 5) is 51.0. The number of benzene rings is 3. The SMILES string of the molecule is CN(C(=O)c1ccccc1)c1ccc2c(c1)nc(NC(=O)c1coc(-c3ccccc3)n1)n2CCCN1CCCC1=O. The molecule has 10 heteroatoms. The third kappa shape index (κ3) is 5.51. The molecule has 3 aromatic carbocycles. The summed E-state index contributed by atoms with van der Waals surface area (Å²) in [6, 6.07) is 24.0. The molecule has 3 heterocycles. The van der Waals surface area contributed by atoms with Gasteiger partial charge in [0.2, 0.25) is 17.7 Å². The number of oxazole rings is 1. The molecule has 1 fully saturated rings. The second kappa shape index (κ2) is 11.7. The highest BCUT2D eigenvalue weighted by Crippen LogP contribution is 2.27. The van der Waals surface area contributed by atoms with Crippen LogP contribution in [0.25, 0.3) is 22.5 Å². The summed E-state index contributed by atoms with van der Waals surface area (Å²) in [6.45, 7) is 1.93. The second-order valence-electron chi connectivity index (χ2n) is 10.2. The lowest BCUT2D eigenvalue weighted by Gasteiger charge is -2.18. The number of fused-ring (bicyclic) bond motifs is 1. The van der Waals surface area contributed by atoms with E-state index in [4.69, 9.17) is 9.40 Å². The molecule has 1 N–H and O–H groups in total. The zero-order chi connectivity index (χ0) is 29.1. The van der Waals surface area contributed by atoms with Crippen molar-refractivity contribution in [2.24, 2.45) is 0 Å². The molecule has 10 nitrogen and oxygen atoms in total. The van der Waals surface area contributed by atoms with Crippen molar-refractivity contribution < 1.29 is 18.8 Å². The molecule has 0 atom stereocenters. The van der Waals surface area contributed by atoms with Crippen LogP contribution in [0.3, 0.4) is 0 Å². The fourth-order valence-electron chi connectivity index (χ4n) is 5.16. The number of hydrogen-bond acceptors (Lipinski definition) is 6. The summed E-state index contributed by atoms with van der Waals surface area (Å²) in [6.07, 6.45) is 3.49. The lowest BCUT2D eigenvalue weighted by atomic mass is 10.2. The Morgan fingerprint density at radius 3 is 2.48 bits per heavy atom. The first kappa shape index (κ1) is 26.9. The van der Waals surface area contributed by atoms with Crippen molar-refractivity contribution in [3.8, 4) is 11.5 Å². The van der Waals surface area contributed by atoms with Crippen molar-refractivity contribution in [1.82, 2.24) is 19.4 Å². The smallest absolute Gasteiger partial charge is 0.279 e. The van der Waals surface area contributed by atoms with E-state index in [0.29, 0.717) is 54.5 Å². The highest BCUT2D eigenvalue weighted by Gasteiger charge is 2.22. The first-order valence-corrected chi connectivity index (χ1v) is 13.9. The summed E-state index contributed by atoms with van der Waals surface area (Å²) >= 11 is 0. The Labute approximate surface area is 242 Å². The molecule has 0 saturated carbocycles. The van der Waals surface area contributed by atoms with E-state index in [0.717, 1.165) is 24.0 Å². The van der Waals surface area contributed by atoms with Gasteiger partial charge < -0.3 is 18.8 Å². The van der Waals surface area contributed by atoms with Crippen LogP contribution in [-0.4, -0.2) is 57.3 Å². The number of rotatable bonds is 9. The zero-order valence-corrected chi connectivity index (χ0v) is 23.2. The predicted octanol–water partition coefficient (Wildman–Crippen LogP) is 5.23. The number of imidazole rings is 1. The van der Waals surface area contributed by atoms with Gasteiger partial charge in [0, 0.05) is 49.9 Å². The van der Waals surface area contributed by atoms with E-state index in [9.17, 15) is 14.4 Å². The molecule has 2 aromatic heterocycles. The lowest BCUT2D eigenvalue weighted by Crippen LogP contribution is -2.26. The minimum atomic E-state index is -0.455. The van der Waals surface area contributed by atoms with Crippen molar-refractivity contribution >= 4 is 40.4 Å². The summed E-state index contributed by atoms with van der Waals surface area (Å²) in [7, 11) is 1.72.